The summed E-state index contributed by atoms with van der Waals surface area (Å²) in [5, 5.41) is 0. The van der Waals surface area contributed by atoms with Gasteiger partial charge in [-0.2, -0.15) is 0 Å². The van der Waals surface area contributed by atoms with E-state index in [-0.39, 0.29) is 0 Å². The minimum absolute atomic E-state index is 0.502. The lowest BCUT2D eigenvalue weighted by Crippen LogP contribution is -2.16. The number of rotatable bonds is 4. The standard InChI is InChI=1S/C12H6F4O4S/c13-7-1-8(14)4-11(3-7)19-21(17,18)20-12-5-9(15)2-10(16)6-12/h1-6H. The maximum Gasteiger partial charge on any atom is 0.500 e. The normalized spacial score (nSPS) is 11.2. The van der Waals surface area contributed by atoms with Gasteiger partial charge in [0, 0.05) is 36.4 Å². The minimum Gasteiger partial charge on any atom is -0.353 e. The summed E-state index contributed by atoms with van der Waals surface area (Å²) in [6.07, 6.45) is 0. The van der Waals surface area contributed by atoms with Gasteiger partial charge in [-0.25, -0.2) is 17.6 Å². The number of benzene rings is 2. The largest absolute Gasteiger partial charge is 0.500 e. The molecule has 0 saturated heterocycles. The summed E-state index contributed by atoms with van der Waals surface area (Å²) in [7, 11) is -4.82. The molecule has 0 aliphatic carbocycles. The Bertz CT molecular complexity index is 677. The zero-order valence-corrected chi connectivity index (χ0v) is 10.8. The fourth-order valence-corrected chi connectivity index (χ4v) is 2.10. The van der Waals surface area contributed by atoms with Crippen LogP contribution in [0, 0.1) is 23.3 Å². The van der Waals surface area contributed by atoms with Crippen LogP contribution in [0.4, 0.5) is 17.6 Å². The highest BCUT2D eigenvalue weighted by molar-refractivity contribution is 7.82. The molecule has 21 heavy (non-hydrogen) atoms. The molecule has 0 unspecified atom stereocenters. The molecule has 0 aromatic heterocycles. The number of halogens is 4. The summed E-state index contributed by atoms with van der Waals surface area (Å²) in [6, 6.07) is 3.38. The van der Waals surface area contributed by atoms with Crippen molar-refractivity contribution in [2.75, 3.05) is 0 Å². The highest BCUT2D eigenvalue weighted by atomic mass is 32.3. The molecule has 0 fully saturated rings. The third-order valence-corrected chi connectivity index (χ3v) is 2.86. The molecule has 0 aliphatic rings. The van der Waals surface area contributed by atoms with E-state index in [4.69, 9.17) is 0 Å². The number of hydrogen-bond donors (Lipinski definition) is 0. The van der Waals surface area contributed by atoms with Crippen LogP contribution in [0.15, 0.2) is 36.4 Å². The van der Waals surface area contributed by atoms with E-state index in [2.05, 4.69) is 8.37 Å². The van der Waals surface area contributed by atoms with Crippen LogP contribution in [0.25, 0.3) is 0 Å². The van der Waals surface area contributed by atoms with E-state index in [0.717, 1.165) is 0 Å². The quantitative estimate of drug-likeness (QED) is 0.812. The predicted octanol–water partition coefficient (Wildman–Crippen LogP) is 2.95. The van der Waals surface area contributed by atoms with E-state index < -0.39 is 45.2 Å². The predicted molar refractivity (Wildman–Crippen MR) is 62.9 cm³/mol. The molecule has 0 radical (unpaired) electrons. The number of hydrogen-bond acceptors (Lipinski definition) is 4. The molecule has 0 aliphatic heterocycles. The molecule has 0 spiro atoms. The summed E-state index contributed by atoms with van der Waals surface area (Å²) >= 11 is 0. The SMILES string of the molecule is O=S(=O)(Oc1cc(F)cc(F)c1)Oc1cc(F)cc(F)c1. The van der Waals surface area contributed by atoms with Crippen LogP contribution in [0.2, 0.25) is 0 Å². The maximum atomic E-state index is 12.9. The molecule has 2 aromatic rings. The van der Waals surface area contributed by atoms with Gasteiger partial charge in [-0.3, -0.25) is 0 Å². The van der Waals surface area contributed by atoms with Gasteiger partial charge in [0.25, 0.3) is 0 Å². The average Bonchev–Trinajstić information content (AvgIpc) is 2.23. The van der Waals surface area contributed by atoms with Gasteiger partial charge in [-0.05, 0) is 0 Å². The van der Waals surface area contributed by atoms with Gasteiger partial charge in [0.15, 0.2) is 11.5 Å². The second kappa shape index (κ2) is 5.60. The van der Waals surface area contributed by atoms with Crippen molar-refractivity contribution in [3.05, 3.63) is 59.7 Å². The average molecular weight is 322 g/mol. The van der Waals surface area contributed by atoms with Crippen molar-refractivity contribution in [3.63, 3.8) is 0 Å². The van der Waals surface area contributed by atoms with Gasteiger partial charge in [-0.1, -0.05) is 0 Å². The monoisotopic (exact) mass is 322 g/mol. The molecular formula is C12H6F4O4S. The molecule has 0 bridgehead atoms. The maximum absolute atomic E-state index is 12.9. The molecule has 4 nitrogen and oxygen atoms in total. The first kappa shape index (κ1) is 15.1. The van der Waals surface area contributed by atoms with E-state index in [1.807, 2.05) is 0 Å². The first-order valence-corrected chi connectivity index (χ1v) is 6.63. The lowest BCUT2D eigenvalue weighted by atomic mass is 10.3. The van der Waals surface area contributed by atoms with E-state index >= 15 is 0 Å². The summed E-state index contributed by atoms with van der Waals surface area (Å²) in [6.45, 7) is 0. The van der Waals surface area contributed by atoms with Gasteiger partial charge in [0.05, 0.1) is 0 Å². The molecule has 112 valence electrons. The molecule has 2 rings (SSSR count). The molecule has 0 atom stereocenters. The lowest BCUT2D eigenvalue weighted by molar-refractivity contribution is 0.388. The van der Waals surface area contributed by atoms with Crippen LogP contribution in [0.3, 0.4) is 0 Å². The molecule has 0 N–H and O–H groups in total. The molecule has 0 saturated carbocycles. The third kappa shape index (κ3) is 4.35. The summed E-state index contributed by atoms with van der Waals surface area (Å²) in [5.74, 6) is -5.67. The Labute approximate surface area is 116 Å². The van der Waals surface area contributed by atoms with Crippen molar-refractivity contribution in [2.45, 2.75) is 0 Å². The Morgan fingerprint density at radius 3 is 1.19 bits per heavy atom. The smallest absolute Gasteiger partial charge is 0.353 e. The Hall–Kier alpha value is -2.29. The summed E-state index contributed by atoms with van der Waals surface area (Å²) < 4.78 is 83.0. The van der Waals surface area contributed by atoms with Gasteiger partial charge in [0.1, 0.15) is 23.3 Å². The molecule has 0 amide bonds. The van der Waals surface area contributed by atoms with Crippen LogP contribution < -0.4 is 8.37 Å². The zero-order valence-electron chi connectivity index (χ0n) is 10.0. The van der Waals surface area contributed by atoms with E-state index in [9.17, 15) is 26.0 Å². The first-order chi connectivity index (χ1) is 9.73. The Morgan fingerprint density at radius 2 is 0.905 bits per heavy atom. The van der Waals surface area contributed by atoms with Crippen LogP contribution >= 0.6 is 0 Å². The van der Waals surface area contributed by atoms with Crippen LogP contribution in [0.1, 0.15) is 0 Å². The van der Waals surface area contributed by atoms with Crippen LogP contribution in [-0.4, -0.2) is 8.42 Å². The van der Waals surface area contributed by atoms with E-state index in [0.29, 0.717) is 36.4 Å². The topological polar surface area (TPSA) is 52.6 Å². The van der Waals surface area contributed by atoms with Gasteiger partial charge >= 0.3 is 10.4 Å². The third-order valence-electron chi connectivity index (χ3n) is 2.07. The molecular weight excluding hydrogens is 316 g/mol. The van der Waals surface area contributed by atoms with Crippen molar-refractivity contribution in [1.82, 2.24) is 0 Å². The van der Waals surface area contributed by atoms with Gasteiger partial charge < -0.3 is 8.37 Å². The fourth-order valence-electron chi connectivity index (χ4n) is 1.41. The van der Waals surface area contributed by atoms with Crippen LogP contribution in [-0.2, 0) is 10.4 Å². The Kier molecular flexibility index (Phi) is 4.03. The molecule has 9 heteroatoms. The van der Waals surface area contributed by atoms with Crippen LogP contribution in [0.5, 0.6) is 11.5 Å². The fraction of sp³-hybridized carbons (Fsp3) is 0. The van der Waals surface area contributed by atoms with Crippen molar-refractivity contribution in [1.29, 1.82) is 0 Å². The first-order valence-electron chi connectivity index (χ1n) is 5.29. The van der Waals surface area contributed by atoms with E-state index in [1.165, 1.54) is 0 Å². The Balaban J connectivity index is 2.22. The summed E-state index contributed by atoms with van der Waals surface area (Å²) in [5.41, 5.74) is 0. The second-order valence-electron chi connectivity index (χ2n) is 3.79. The summed E-state index contributed by atoms with van der Waals surface area (Å²) in [4.78, 5) is 0. The van der Waals surface area contributed by atoms with Crippen molar-refractivity contribution in [2.24, 2.45) is 0 Å². The van der Waals surface area contributed by atoms with Gasteiger partial charge in [-0.15, -0.1) is 8.42 Å². The highest BCUT2D eigenvalue weighted by Crippen LogP contribution is 2.21. The lowest BCUT2D eigenvalue weighted by Gasteiger charge is -2.08. The molecule has 0 heterocycles. The van der Waals surface area contributed by atoms with Crippen molar-refractivity contribution < 1.29 is 34.3 Å². The van der Waals surface area contributed by atoms with Gasteiger partial charge in [0.2, 0.25) is 0 Å². The minimum atomic E-state index is -4.82. The van der Waals surface area contributed by atoms with Crippen molar-refractivity contribution >= 4 is 10.4 Å². The zero-order chi connectivity index (χ0) is 15.6. The Morgan fingerprint density at radius 1 is 0.619 bits per heavy atom. The highest BCUT2D eigenvalue weighted by Gasteiger charge is 2.18. The molecule has 2 aromatic carbocycles. The van der Waals surface area contributed by atoms with E-state index in [1.54, 1.807) is 0 Å². The second-order valence-corrected chi connectivity index (χ2v) is 4.94. The van der Waals surface area contributed by atoms with Crippen molar-refractivity contribution in [3.8, 4) is 11.5 Å².